The molecule has 1 heterocycles. The third-order valence-electron chi connectivity index (χ3n) is 12.4. The van der Waals surface area contributed by atoms with E-state index < -0.39 is 41.6 Å². The number of carbonyl (C=O) groups excluding carboxylic acids is 3. The van der Waals surface area contributed by atoms with Gasteiger partial charge in [0, 0.05) is 33.1 Å². The molecular weight excluding hydrogens is 737 g/mol. The van der Waals surface area contributed by atoms with Gasteiger partial charge >= 0.3 is 0 Å². The van der Waals surface area contributed by atoms with Crippen LogP contribution < -0.4 is 5.73 Å². The number of unbranched alkanes of at least 4 members (excludes halogenated alkanes) is 1. The Morgan fingerprint density at radius 3 is 2.24 bits per heavy atom. The van der Waals surface area contributed by atoms with Gasteiger partial charge in [0.1, 0.15) is 6.29 Å². The van der Waals surface area contributed by atoms with Crippen LogP contribution in [-0.2, 0) is 33.3 Å². The molecule has 1 saturated carbocycles. The molecule has 1 aliphatic heterocycles. The maximum Gasteiger partial charge on any atom is 0.296 e. The van der Waals surface area contributed by atoms with Crippen molar-refractivity contribution in [1.82, 2.24) is 4.90 Å². The highest BCUT2D eigenvalue weighted by Gasteiger charge is 2.55. The van der Waals surface area contributed by atoms with Gasteiger partial charge in [-0.05, 0) is 120 Å². The van der Waals surface area contributed by atoms with E-state index in [9.17, 15) is 24.6 Å². The van der Waals surface area contributed by atoms with Gasteiger partial charge in [0.05, 0.1) is 43.2 Å². The highest BCUT2D eigenvalue weighted by molar-refractivity contribution is 6.38. The Bertz CT molecular complexity index is 1270. The van der Waals surface area contributed by atoms with E-state index >= 15 is 0 Å². The number of ether oxygens (including phenoxy) is 4. The minimum atomic E-state index is -2.32. The largest absolute Gasteiger partial charge is 0.390 e. The molecule has 0 aromatic carbocycles. The van der Waals surface area contributed by atoms with Gasteiger partial charge in [-0.15, -0.1) is 0 Å². The summed E-state index contributed by atoms with van der Waals surface area (Å²) in [6.45, 7) is 25.3. The quantitative estimate of drug-likeness (QED) is 0.0382. The number of allylic oxidation sites excluding steroid dienone is 3. The van der Waals surface area contributed by atoms with Crippen LogP contribution in [0.4, 0.5) is 0 Å². The lowest BCUT2D eigenvalue weighted by atomic mass is 9.78. The molecule has 0 radical (unpaired) electrons. The molecule has 11 nitrogen and oxygen atoms in total. The van der Waals surface area contributed by atoms with Crippen molar-refractivity contribution in [2.75, 3.05) is 33.9 Å². The van der Waals surface area contributed by atoms with Crippen molar-refractivity contribution >= 4 is 18.0 Å². The van der Waals surface area contributed by atoms with E-state index in [2.05, 4.69) is 46.8 Å². The number of nitrogens with two attached hydrogens (primary N) is 1. The summed E-state index contributed by atoms with van der Waals surface area (Å²) in [6.07, 6.45) is 9.23. The van der Waals surface area contributed by atoms with Gasteiger partial charge in [-0.1, -0.05) is 80.0 Å². The Morgan fingerprint density at radius 1 is 1.02 bits per heavy atom. The topological polar surface area (TPSA) is 158 Å². The van der Waals surface area contributed by atoms with Crippen molar-refractivity contribution in [1.29, 1.82) is 0 Å². The van der Waals surface area contributed by atoms with Crippen LogP contribution in [0.2, 0.25) is 0 Å². The zero-order valence-electron chi connectivity index (χ0n) is 39.0. The second kappa shape index (κ2) is 27.1. The lowest BCUT2D eigenvalue weighted by molar-refractivity contribution is -0.290. The summed E-state index contributed by atoms with van der Waals surface area (Å²) in [5.41, 5.74) is 8.16. The molecule has 58 heavy (non-hydrogen) atoms. The van der Waals surface area contributed by atoms with Crippen LogP contribution in [-0.4, -0.2) is 109 Å². The number of rotatable bonds is 24. The highest BCUT2D eigenvalue weighted by Crippen LogP contribution is 2.40. The number of amides is 1. The fourth-order valence-electron chi connectivity index (χ4n) is 8.99. The SMILES string of the molecule is CC.COC1CC(/C=C(\C)[C@@H](OCC(C)N(CCCCN)C(=O)C(=O)C2(O)OC(C(CC(C)C/C(C)=C/C(C)C)OC)C(C)CC2C)C(C)C(C)CC=O)CCC1O. The lowest BCUT2D eigenvalue weighted by Crippen LogP contribution is -2.62. The van der Waals surface area contributed by atoms with Gasteiger partial charge in [0.25, 0.3) is 11.7 Å². The second-order valence-corrected chi connectivity index (χ2v) is 18.0. The van der Waals surface area contributed by atoms with Crippen LogP contribution in [0.1, 0.15) is 141 Å². The molecule has 4 N–H and O–H groups in total. The molecule has 13 atom stereocenters. The first kappa shape index (κ1) is 54.0. The zero-order valence-corrected chi connectivity index (χ0v) is 39.0. The fraction of sp³-hybridized carbons (Fsp3) is 0.851. The molecular formula is C47H86N2O9. The van der Waals surface area contributed by atoms with Crippen molar-refractivity contribution in [2.24, 2.45) is 47.2 Å². The van der Waals surface area contributed by atoms with Crippen LogP contribution in [0.25, 0.3) is 0 Å². The smallest absolute Gasteiger partial charge is 0.296 e. The number of carbonyl (C=O) groups is 3. The Kier molecular flexibility index (Phi) is 25.2. The Morgan fingerprint density at radius 2 is 1.67 bits per heavy atom. The van der Waals surface area contributed by atoms with Crippen molar-refractivity contribution in [3.63, 3.8) is 0 Å². The molecule has 2 rings (SSSR count). The summed E-state index contributed by atoms with van der Waals surface area (Å²) in [6, 6.07) is -0.525. The van der Waals surface area contributed by atoms with E-state index in [1.807, 2.05) is 41.5 Å². The number of aldehydes is 1. The van der Waals surface area contributed by atoms with Crippen molar-refractivity contribution in [3.05, 3.63) is 23.3 Å². The van der Waals surface area contributed by atoms with Crippen LogP contribution in [0.15, 0.2) is 23.3 Å². The van der Waals surface area contributed by atoms with E-state index in [0.29, 0.717) is 57.4 Å². The molecule has 1 saturated heterocycles. The summed E-state index contributed by atoms with van der Waals surface area (Å²) in [7, 11) is 3.26. The summed E-state index contributed by atoms with van der Waals surface area (Å²) in [4.78, 5) is 41.7. The van der Waals surface area contributed by atoms with E-state index in [1.165, 1.54) is 10.5 Å². The summed E-state index contributed by atoms with van der Waals surface area (Å²) >= 11 is 0. The van der Waals surface area contributed by atoms with Crippen molar-refractivity contribution < 1.29 is 43.5 Å². The molecule has 338 valence electrons. The minimum absolute atomic E-state index is 0.0125. The van der Waals surface area contributed by atoms with Gasteiger partial charge in [0.15, 0.2) is 0 Å². The minimum Gasteiger partial charge on any atom is -0.390 e. The maximum atomic E-state index is 14.3. The molecule has 1 aliphatic carbocycles. The third kappa shape index (κ3) is 16.1. The average molecular weight is 823 g/mol. The number of aliphatic hydroxyl groups is 2. The van der Waals surface area contributed by atoms with Crippen LogP contribution in [0.3, 0.4) is 0 Å². The molecule has 1 amide bonds. The molecule has 0 bridgehead atoms. The monoisotopic (exact) mass is 823 g/mol. The van der Waals surface area contributed by atoms with Crippen LogP contribution in [0, 0.1) is 41.4 Å². The first-order valence-electron chi connectivity index (χ1n) is 22.4. The van der Waals surface area contributed by atoms with Crippen LogP contribution in [0.5, 0.6) is 0 Å². The van der Waals surface area contributed by atoms with E-state index in [4.69, 9.17) is 24.7 Å². The van der Waals surface area contributed by atoms with Crippen molar-refractivity contribution in [3.8, 4) is 0 Å². The molecule has 0 spiro atoms. The van der Waals surface area contributed by atoms with Gasteiger partial charge in [0.2, 0.25) is 5.79 Å². The standard InChI is InChI=1S/C45H80N2O9.C2H6/c1-28(2)21-29(3)22-30(4)23-40(54-12)42-32(6)24-34(8)45(52,56-42)43(50)44(51)47(19-14-13-18-46)35(9)27-55-41(36(10)31(5)17-20-48)33(7)25-37-15-16-38(49)39(26-37)53-11;1-2/h20-21,25,28,30-32,34-42,49,52H,13-19,22-24,26-27,46H2,1-12H3;1-2H3/b29-21+,33-25+;/t30?,31?,32?,34?,35?,36?,37?,38?,39?,40?,41-,42?,45?;/m1./s1. The Labute approximate surface area is 353 Å². The average Bonchev–Trinajstić information content (AvgIpc) is 3.17. The predicted octanol–water partition coefficient (Wildman–Crippen LogP) is 7.69. The molecule has 12 unspecified atom stereocenters. The third-order valence-corrected chi connectivity index (χ3v) is 12.4. The number of nitrogens with zero attached hydrogens (tertiary/aromatic N) is 1. The van der Waals surface area contributed by atoms with E-state index in [-0.39, 0.29) is 61.1 Å². The molecule has 2 fully saturated rings. The lowest BCUT2D eigenvalue weighted by Gasteiger charge is -2.46. The molecule has 0 aromatic rings. The molecule has 2 aliphatic rings. The second-order valence-electron chi connectivity index (χ2n) is 18.0. The number of ketones is 1. The van der Waals surface area contributed by atoms with Crippen molar-refractivity contribution in [2.45, 2.75) is 183 Å². The summed E-state index contributed by atoms with van der Waals surface area (Å²) in [5, 5.41) is 22.4. The highest BCUT2D eigenvalue weighted by atomic mass is 16.7. The summed E-state index contributed by atoms with van der Waals surface area (Å²) in [5.74, 6) is -3.79. The Hall–Kier alpha value is -1.99. The van der Waals surface area contributed by atoms with Gasteiger partial charge < -0.3 is 44.6 Å². The predicted molar refractivity (Wildman–Crippen MR) is 233 cm³/mol. The number of methoxy groups -OCH3 is 2. The number of aliphatic hydroxyl groups excluding tert-OH is 1. The molecule has 11 heteroatoms. The van der Waals surface area contributed by atoms with E-state index in [1.54, 1.807) is 21.1 Å². The zero-order chi connectivity index (χ0) is 44.3. The normalized spacial score (nSPS) is 28.7. The fourth-order valence-corrected chi connectivity index (χ4v) is 8.99. The first-order chi connectivity index (χ1) is 27.3. The molecule has 0 aromatic heterocycles. The number of hydrogen-bond acceptors (Lipinski definition) is 10. The summed E-state index contributed by atoms with van der Waals surface area (Å²) < 4.78 is 24.6. The van der Waals surface area contributed by atoms with E-state index in [0.717, 1.165) is 24.7 Å². The first-order valence-corrected chi connectivity index (χ1v) is 22.4. The van der Waals surface area contributed by atoms with Gasteiger partial charge in [-0.2, -0.15) is 0 Å². The number of Topliss-reactive ketones (excluding diaryl/α,β-unsaturated/α-hetero) is 1. The van der Waals surface area contributed by atoms with Gasteiger partial charge in [-0.25, -0.2) is 0 Å². The van der Waals surface area contributed by atoms with Crippen LogP contribution >= 0.6 is 0 Å². The Balaban J connectivity index is 0.00000827. The number of hydrogen-bond donors (Lipinski definition) is 3. The maximum absolute atomic E-state index is 14.3. The van der Waals surface area contributed by atoms with Gasteiger partial charge in [-0.3, -0.25) is 9.59 Å².